The lowest BCUT2D eigenvalue weighted by atomic mass is 9.90. The number of rotatable bonds is 5. The number of ether oxygens (including phenoxy) is 1. The number of carboxylic acid groups (broad SMARTS) is 1. The highest BCUT2D eigenvalue weighted by atomic mass is 32.1. The number of nitrogens with one attached hydrogen (secondary N) is 1. The Labute approximate surface area is 156 Å². The molecule has 0 radical (unpaired) electrons. The van der Waals surface area contributed by atoms with Crippen LogP contribution in [0.5, 0.6) is 5.75 Å². The second-order valence-corrected chi connectivity index (χ2v) is 7.72. The fourth-order valence-electron chi connectivity index (χ4n) is 2.99. The van der Waals surface area contributed by atoms with E-state index < -0.39 is 11.4 Å². The Morgan fingerprint density at radius 2 is 2.04 bits per heavy atom. The minimum Gasteiger partial charge on any atom is -0.497 e. The molecule has 1 aliphatic heterocycles. The number of urea groups is 1. The van der Waals surface area contributed by atoms with Crippen molar-refractivity contribution in [2.75, 3.05) is 20.2 Å². The largest absolute Gasteiger partial charge is 0.497 e. The van der Waals surface area contributed by atoms with Crippen LogP contribution in [0.1, 0.15) is 18.2 Å². The molecule has 6 nitrogen and oxygen atoms in total. The summed E-state index contributed by atoms with van der Waals surface area (Å²) in [5, 5.41) is 14.2. The quantitative estimate of drug-likeness (QED) is 0.840. The van der Waals surface area contributed by atoms with Crippen molar-refractivity contribution >= 4 is 23.3 Å². The number of benzene rings is 1. The number of hydrogen-bond donors (Lipinski definition) is 2. The first-order valence-electron chi connectivity index (χ1n) is 8.39. The smallest absolute Gasteiger partial charge is 0.317 e. The van der Waals surface area contributed by atoms with Crippen molar-refractivity contribution in [3.8, 4) is 16.9 Å². The lowest BCUT2D eigenvalue weighted by Crippen LogP contribution is -2.40. The van der Waals surface area contributed by atoms with E-state index in [0.29, 0.717) is 19.5 Å². The van der Waals surface area contributed by atoms with Gasteiger partial charge in [-0.05, 0) is 48.1 Å². The molecule has 1 unspecified atom stereocenters. The van der Waals surface area contributed by atoms with Crippen LogP contribution in [0.3, 0.4) is 0 Å². The number of nitrogens with zero attached hydrogens (tertiary/aromatic N) is 1. The molecule has 7 heteroatoms. The van der Waals surface area contributed by atoms with E-state index in [2.05, 4.69) is 16.8 Å². The highest BCUT2D eigenvalue weighted by Gasteiger charge is 2.42. The van der Waals surface area contributed by atoms with E-state index in [-0.39, 0.29) is 12.6 Å². The average molecular weight is 374 g/mol. The molecule has 2 heterocycles. The number of carbonyl (C=O) groups excluding carboxylic acids is 1. The van der Waals surface area contributed by atoms with E-state index >= 15 is 0 Å². The van der Waals surface area contributed by atoms with E-state index in [9.17, 15) is 14.7 Å². The van der Waals surface area contributed by atoms with Crippen LogP contribution >= 0.6 is 11.3 Å². The van der Waals surface area contributed by atoms with Gasteiger partial charge in [-0.15, -0.1) is 11.3 Å². The molecule has 2 aromatic rings. The maximum absolute atomic E-state index is 12.3. The molecular formula is C19H22N2O4S. The summed E-state index contributed by atoms with van der Waals surface area (Å²) in [4.78, 5) is 26.2. The summed E-state index contributed by atoms with van der Waals surface area (Å²) < 4.78 is 5.17. The van der Waals surface area contributed by atoms with Crippen LogP contribution in [0, 0.1) is 5.41 Å². The van der Waals surface area contributed by atoms with Crippen molar-refractivity contribution in [2.24, 2.45) is 5.41 Å². The minimum absolute atomic E-state index is 0.214. The van der Waals surface area contributed by atoms with Gasteiger partial charge in [0.05, 0.1) is 19.1 Å². The van der Waals surface area contributed by atoms with Crippen LogP contribution in [0.15, 0.2) is 35.7 Å². The first-order valence-corrected chi connectivity index (χ1v) is 9.27. The molecule has 138 valence electrons. The molecule has 0 spiro atoms. The number of hydrogen-bond acceptors (Lipinski definition) is 4. The molecule has 0 aliphatic carbocycles. The van der Waals surface area contributed by atoms with Gasteiger partial charge < -0.3 is 20.1 Å². The SMILES string of the molecule is COc1ccc(-c2csc(CNC(=O)N3CCC(C)(C(=O)O)C3)c2)cc1. The maximum Gasteiger partial charge on any atom is 0.317 e. The molecule has 0 saturated carbocycles. The third-order valence-electron chi connectivity index (χ3n) is 4.77. The molecule has 1 aromatic heterocycles. The summed E-state index contributed by atoms with van der Waals surface area (Å²) in [6.07, 6.45) is 0.483. The van der Waals surface area contributed by atoms with Crippen LogP contribution in [0.2, 0.25) is 0 Å². The second kappa shape index (κ2) is 7.37. The number of amides is 2. The number of methoxy groups -OCH3 is 1. The molecule has 2 amide bonds. The van der Waals surface area contributed by atoms with Crippen LogP contribution < -0.4 is 10.1 Å². The van der Waals surface area contributed by atoms with Gasteiger partial charge in [-0.3, -0.25) is 4.79 Å². The fraction of sp³-hybridized carbons (Fsp3) is 0.368. The summed E-state index contributed by atoms with van der Waals surface area (Å²) in [5.74, 6) is -0.0365. The van der Waals surface area contributed by atoms with Crippen LogP contribution in [-0.4, -0.2) is 42.2 Å². The first kappa shape index (κ1) is 18.3. The fourth-order valence-corrected chi connectivity index (χ4v) is 3.82. The molecule has 2 N–H and O–H groups in total. The first-order chi connectivity index (χ1) is 12.4. The van der Waals surface area contributed by atoms with E-state index in [1.54, 1.807) is 30.3 Å². The predicted molar refractivity (Wildman–Crippen MR) is 100 cm³/mol. The molecule has 26 heavy (non-hydrogen) atoms. The molecule has 1 fully saturated rings. The minimum atomic E-state index is -0.852. The lowest BCUT2D eigenvalue weighted by Gasteiger charge is -2.20. The van der Waals surface area contributed by atoms with Crippen molar-refractivity contribution < 1.29 is 19.4 Å². The molecular weight excluding hydrogens is 352 g/mol. The monoisotopic (exact) mass is 374 g/mol. The van der Waals surface area contributed by atoms with E-state index in [1.165, 1.54) is 0 Å². The van der Waals surface area contributed by atoms with Gasteiger partial charge in [-0.25, -0.2) is 4.79 Å². The molecule has 1 aromatic carbocycles. The Morgan fingerprint density at radius 1 is 1.31 bits per heavy atom. The Morgan fingerprint density at radius 3 is 2.65 bits per heavy atom. The number of likely N-dealkylation sites (tertiary alicyclic amines) is 1. The van der Waals surface area contributed by atoms with Crippen molar-refractivity contribution in [3.05, 3.63) is 40.6 Å². The molecule has 1 atom stereocenters. The van der Waals surface area contributed by atoms with Gasteiger partial charge in [0.2, 0.25) is 0 Å². The molecule has 1 saturated heterocycles. The Kier molecular flexibility index (Phi) is 5.18. The number of aliphatic carboxylic acids is 1. The lowest BCUT2D eigenvalue weighted by molar-refractivity contribution is -0.147. The summed E-state index contributed by atoms with van der Waals surface area (Å²) >= 11 is 1.58. The average Bonchev–Trinajstić information content (AvgIpc) is 3.27. The van der Waals surface area contributed by atoms with Crippen molar-refractivity contribution in [1.29, 1.82) is 0 Å². The van der Waals surface area contributed by atoms with E-state index in [4.69, 9.17) is 4.74 Å². The summed E-state index contributed by atoms with van der Waals surface area (Å²) in [7, 11) is 1.64. The second-order valence-electron chi connectivity index (χ2n) is 6.73. The Balaban J connectivity index is 1.56. The summed E-state index contributed by atoms with van der Waals surface area (Å²) in [6.45, 7) is 2.83. The summed E-state index contributed by atoms with van der Waals surface area (Å²) in [5.41, 5.74) is 1.35. The topological polar surface area (TPSA) is 78.9 Å². The standard InChI is InChI=1S/C19H22N2O4S/c1-19(17(22)23)7-8-21(12-19)18(24)20-10-16-9-14(11-26-16)13-3-5-15(25-2)6-4-13/h3-6,9,11H,7-8,10,12H2,1-2H3,(H,20,24)(H,22,23). The Bertz CT molecular complexity index is 802. The van der Waals surface area contributed by atoms with Gasteiger partial charge in [-0.2, -0.15) is 0 Å². The third-order valence-corrected chi connectivity index (χ3v) is 5.70. The number of carbonyl (C=O) groups is 2. The van der Waals surface area contributed by atoms with Crippen molar-refractivity contribution in [2.45, 2.75) is 19.9 Å². The zero-order chi connectivity index (χ0) is 18.7. The highest BCUT2D eigenvalue weighted by Crippen LogP contribution is 2.30. The van der Waals surface area contributed by atoms with Crippen LogP contribution in [-0.2, 0) is 11.3 Å². The van der Waals surface area contributed by atoms with Crippen molar-refractivity contribution in [1.82, 2.24) is 10.2 Å². The predicted octanol–water partition coefficient (Wildman–Crippen LogP) is 3.43. The van der Waals surface area contributed by atoms with Gasteiger partial charge in [0, 0.05) is 18.0 Å². The molecule has 0 bridgehead atoms. The van der Waals surface area contributed by atoms with Gasteiger partial charge >= 0.3 is 12.0 Å². The van der Waals surface area contributed by atoms with Gasteiger partial charge in [0.25, 0.3) is 0 Å². The van der Waals surface area contributed by atoms with Gasteiger partial charge in [0.1, 0.15) is 5.75 Å². The van der Waals surface area contributed by atoms with Gasteiger partial charge in [0.15, 0.2) is 0 Å². The molecule has 3 rings (SSSR count). The maximum atomic E-state index is 12.3. The Hall–Kier alpha value is -2.54. The van der Waals surface area contributed by atoms with Gasteiger partial charge in [-0.1, -0.05) is 12.1 Å². The highest BCUT2D eigenvalue weighted by molar-refractivity contribution is 7.10. The zero-order valence-electron chi connectivity index (χ0n) is 14.8. The number of thiophene rings is 1. The number of carboxylic acids is 1. The summed E-state index contributed by atoms with van der Waals surface area (Å²) in [6, 6.07) is 9.68. The van der Waals surface area contributed by atoms with Crippen LogP contribution in [0.4, 0.5) is 4.79 Å². The van der Waals surface area contributed by atoms with E-state index in [1.807, 2.05) is 24.3 Å². The third kappa shape index (κ3) is 3.83. The normalized spacial score (nSPS) is 19.4. The van der Waals surface area contributed by atoms with Crippen LogP contribution in [0.25, 0.3) is 11.1 Å². The van der Waals surface area contributed by atoms with Crippen molar-refractivity contribution in [3.63, 3.8) is 0 Å². The molecule has 1 aliphatic rings. The van der Waals surface area contributed by atoms with E-state index in [0.717, 1.165) is 21.8 Å². The zero-order valence-corrected chi connectivity index (χ0v) is 15.6.